The van der Waals surface area contributed by atoms with Crippen molar-refractivity contribution in [2.24, 2.45) is 5.92 Å². The van der Waals surface area contributed by atoms with Gasteiger partial charge in [0.05, 0.1) is 6.04 Å². The lowest BCUT2D eigenvalue weighted by Gasteiger charge is -2.23. The number of hydrogen-bond acceptors (Lipinski definition) is 4. The predicted octanol–water partition coefficient (Wildman–Crippen LogP) is 5.64. The molecule has 1 unspecified atom stereocenters. The first-order valence-corrected chi connectivity index (χ1v) is 12.0. The van der Waals surface area contributed by atoms with E-state index < -0.39 is 18.0 Å². The second-order valence-electron chi connectivity index (χ2n) is 8.26. The molecule has 3 N–H and O–H groups in total. The maximum Gasteiger partial charge on any atom is 0.389 e. The van der Waals surface area contributed by atoms with Crippen molar-refractivity contribution in [3.05, 3.63) is 74.6 Å². The SMILES string of the molecule is CCCC(NC(=O)[C@H](CC(C)C)NC(=O)c1ccc(-c2ccc(I)cc2)cc1)/C(O)=C/[N+]#N. The summed E-state index contributed by atoms with van der Waals surface area (Å²) in [6.45, 7) is 5.84. The van der Waals surface area contributed by atoms with E-state index in [1.165, 1.54) is 0 Å². The van der Waals surface area contributed by atoms with Crippen LogP contribution >= 0.6 is 22.6 Å². The highest BCUT2D eigenvalue weighted by Crippen LogP contribution is 2.21. The summed E-state index contributed by atoms with van der Waals surface area (Å²) in [6, 6.07) is 13.9. The van der Waals surface area contributed by atoms with Crippen LogP contribution in [0.25, 0.3) is 16.1 Å². The number of hydrogen-bond donors (Lipinski definition) is 3. The molecule has 2 atom stereocenters. The molecule has 0 fully saturated rings. The fourth-order valence-corrected chi connectivity index (χ4v) is 3.76. The fourth-order valence-electron chi connectivity index (χ4n) is 3.40. The minimum atomic E-state index is -0.772. The Kier molecular flexibility index (Phi) is 10.3. The summed E-state index contributed by atoms with van der Waals surface area (Å²) in [4.78, 5) is 28.7. The van der Waals surface area contributed by atoms with E-state index in [0.29, 0.717) is 24.8 Å². The van der Waals surface area contributed by atoms with Crippen LogP contribution in [0.5, 0.6) is 0 Å². The summed E-state index contributed by atoms with van der Waals surface area (Å²) in [5.41, 5.74) is 2.51. The van der Waals surface area contributed by atoms with Gasteiger partial charge in [-0.3, -0.25) is 9.59 Å². The summed E-state index contributed by atoms with van der Waals surface area (Å²) < 4.78 is 1.15. The second-order valence-corrected chi connectivity index (χ2v) is 9.50. The van der Waals surface area contributed by atoms with Crippen LogP contribution < -0.4 is 10.6 Å². The van der Waals surface area contributed by atoms with Crippen LogP contribution in [-0.2, 0) is 4.79 Å². The van der Waals surface area contributed by atoms with Crippen molar-refractivity contribution in [1.82, 2.24) is 10.6 Å². The number of carbonyl (C=O) groups excluding carboxylic acids is 2. The number of benzene rings is 2. The number of carbonyl (C=O) groups is 2. The Morgan fingerprint density at radius 3 is 2.12 bits per heavy atom. The van der Waals surface area contributed by atoms with Crippen LogP contribution in [0.2, 0.25) is 0 Å². The molecule has 174 valence electrons. The minimum Gasteiger partial charge on any atom is -0.504 e. The number of rotatable bonds is 10. The van der Waals surface area contributed by atoms with E-state index >= 15 is 0 Å². The minimum absolute atomic E-state index is 0.158. The van der Waals surface area contributed by atoms with Gasteiger partial charge < -0.3 is 15.7 Å². The molecule has 2 aromatic rings. The summed E-state index contributed by atoms with van der Waals surface area (Å²) in [7, 11) is 0. The van der Waals surface area contributed by atoms with Crippen molar-refractivity contribution in [1.29, 1.82) is 5.39 Å². The molecule has 0 aliphatic rings. The number of nitrogens with zero attached hydrogens (tertiary/aromatic N) is 2. The topological polar surface area (TPSA) is 107 Å². The third-order valence-corrected chi connectivity index (χ3v) is 5.81. The third-order valence-electron chi connectivity index (χ3n) is 5.09. The molecule has 0 saturated heterocycles. The van der Waals surface area contributed by atoms with Crippen LogP contribution in [0.4, 0.5) is 0 Å². The van der Waals surface area contributed by atoms with E-state index in [0.717, 1.165) is 20.9 Å². The smallest absolute Gasteiger partial charge is 0.389 e. The first-order chi connectivity index (χ1) is 15.7. The Labute approximate surface area is 208 Å². The Bertz CT molecular complexity index is 1010. The average molecular weight is 561 g/mol. The molecule has 0 aliphatic heterocycles. The number of halogens is 1. The zero-order valence-electron chi connectivity index (χ0n) is 19.1. The van der Waals surface area contributed by atoms with Gasteiger partial charge in [-0.15, -0.1) is 0 Å². The van der Waals surface area contributed by atoms with Gasteiger partial charge in [0.25, 0.3) is 5.91 Å². The van der Waals surface area contributed by atoms with Gasteiger partial charge in [-0.1, -0.05) is 51.5 Å². The molecule has 7 nitrogen and oxygen atoms in total. The number of nitrogens with one attached hydrogen (secondary N) is 2. The van der Waals surface area contributed by atoms with Crippen LogP contribution in [0, 0.1) is 14.9 Å². The average Bonchev–Trinajstić information content (AvgIpc) is 2.78. The van der Waals surface area contributed by atoms with E-state index in [4.69, 9.17) is 5.39 Å². The monoisotopic (exact) mass is 561 g/mol. The number of aliphatic hydroxyl groups excluding tert-OH is 1. The highest BCUT2D eigenvalue weighted by molar-refractivity contribution is 14.1. The molecule has 0 aromatic heterocycles. The van der Waals surface area contributed by atoms with Gasteiger partial charge in [-0.05, 0) is 76.7 Å². The lowest BCUT2D eigenvalue weighted by Crippen LogP contribution is -2.50. The van der Waals surface area contributed by atoms with Gasteiger partial charge in [0.2, 0.25) is 17.1 Å². The van der Waals surface area contributed by atoms with Gasteiger partial charge in [0.15, 0.2) is 4.98 Å². The molecule has 8 heteroatoms. The summed E-state index contributed by atoms with van der Waals surface area (Å²) >= 11 is 2.25. The van der Waals surface area contributed by atoms with E-state index in [1.54, 1.807) is 12.1 Å². The maximum atomic E-state index is 12.9. The van der Waals surface area contributed by atoms with Gasteiger partial charge in [0, 0.05) is 9.13 Å². The number of aliphatic hydroxyl groups is 1. The van der Waals surface area contributed by atoms with E-state index in [2.05, 4.69) is 38.2 Å². The van der Waals surface area contributed by atoms with Crippen molar-refractivity contribution < 1.29 is 14.7 Å². The van der Waals surface area contributed by atoms with E-state index in [-0.39, 0.29) is 17.6 Å². The lowest BCUT2D eigenvalue weighted by atomic mass is 10.0. The molecule has 0 aliphatic carbocycles. The standard InChI is InChI=1S/C25H29IN4O3/c1-4-5-21(23(31)15-28-27)29-25(33)22(14-16(2)3)30-24(32)19-8-6-17(7-9-19)18-10-12-20(26)13-11-18/h6-13,15-16,21-22H,4-5,14H2,1-3H3,(H2-,29,30,31,32,33)/p+1/b23-15-/t21?,22-/m0/s1. The maximum absolute atomic E-state index is 12.9. The van der Waals surface area contributed by atoms with Crippen molar-refractivity contribution in [2.45, 2.75) is 52.1 Å². The van der Waals surface area contributed by atoms with Crippen molar-refractivity contribution in [3.63, 3.8) is 0 Å². The number of diazo groups is 1. The molecular formula is C25H30IN4O3+. The molecule has 0 saturated carbocycles. The van der Waals surface area contributed by atoms with Crippen LogP contribution in [0.1, 0.15) is 50.4 Å². The molecular weight excluding hydrogens is 531 g/mol. The van der Waals surface area contributed by atoms with Crippen molar-refractivity contribution in [3.8, 4) is 11.1 Å². The Morgan fingerprint density at radius 1 is 1.03 bits per heavy atom. The largest absolute Gasteiger partial charge is 0.504 e. The van der Waals surface area contributed by atoms with E-state index in [1.807, 2.05) is 57.2 Å². The van der Waals surface area contributed by atoms with E-state index in [9.17, 15) is 14.7 Å². The first-order valence-electron chi connectivity index (χ1n) is 11.0. The lowest BCUT2D eigenvalue weighted by molar-refractivity contribution is -0.124. The van der Waals surface area contributed by atoms with Gasteiger partial charge in [-0.2, -0.15) is 0 Å². The zero-order chi connectivity index (χ0) is 24.4. The molecule has 2 amide bonds. The van der Waals surface area contributed by atoms with Crippen molar-refractivity contribution >= 4 is 34.4 Å². The first kappa shape index (κ1) is 26.3. The van der Waals surface area contributed by atoms with Crippen LogP contribution in [0.15, 0.2) is 60.5 Å². The van der Waals surface area contributed by atoms with Crippen molar-refractivity contribution in [2.75, 3.05) is 0 Å². The van der Waals surface area contributed by atoms with Crippen LogP contribution in [-0.4, -0.2) is 29.0 Å². The predicted molar refractivity (Wildman–Crippen MR) is 138 cm³/mol. The number of amides is 2. The normalized spacial score (nSPS) is 13.2. The molecule has 0 bridgehead atoms. The highest BCUT2D eigenvalue weighted by Gasteiger charge is 2.27. The Hall–Kier alpha value is -2.93. The van der Waals surface area contributed by atoms with Gasteiger partial charge in [0.1, 0.15) is 6.04 Å². The Balaban J connectivity index is 2.14. The highest BCUT2D eigenvalue weighted by atomic mass is 127. The van der Waals surface area contributed by atoms with Gasteiger partial charge >= 0.3 is 6.20 Å². The molecule has 2 aromatic carbocycles. The molecule has 0 spiro atoms. The molecule has 33 heavy (non-hydrogen) atoms. The fraction of sp³-hybridized carbons (Fsp3) is 0.360. The summed E-state index contributed by atoms with van der Waals surface area (Å²) in [5, 5.41) is 24.3. The summed E-state index contributed by atoms with van der Waals surface area (Å²) in [6.07, 6.45) is 2.49. The molecule has 2 rings (SSSR count). The van der Waals surface area contributed by atoms with Gasteiger partial charge in [-0.25, -0.2) is 0 Å². The third kappa shape index (κ3) is 8.17. The molecule has 0 radical (unpaired) electrons. The summed E-state index contributed by atoms with van der Waals surface area (Å²) in [5.74, 6) is -0.829. The van der Waals surface area contributed by atoms with Crippen LogP contribution in [0.3, 0.4) is 0 Å². The molecule has 0 heterocycles. The zero-order valence-corrected chi connectivity index (χ0v) is 21.2. The quantitative estimate of drug-likeness (QED) is 0.198. The Morgan fingerprint density at radius 2 is 1.61 bits per heavy atom. The second kappa shape index (κ2) is 12.9.